The SMILES string of the molecule is CCn1cc(CC(O)C2CSc3ccccc3O2)cn1. The first-order chi connectivity index (χ1) is 9.76. The van der Waals surface area contributed by atoms with E-state index < -0.39 is 6.10 Å². The molecule has 0 spiro atoms. The van der Waals surface area contributed by atoms with Gasteiger partial charge in [0.05, 0.1) is 12.3 Å². The van der Waals surface area contributed by atoms with E-state index in [4.69, 9.17) is 4.74 Å². The molecule has 0 saturated heterocycles. The number of hydrogen-bond donors (Lipinski definition) is 1. The number of nitrogens with zero attached hydrogens (tertiary/aromatic N) is 2. The van der Waals surface area contributed by atoms with Gasteiger partial charge < -0.3 is 9.84 Å². The van der Waals surface area contributed by atoms with E-state index in [-0.39, 0.29) is 6.10 Å². The number of thioether (sulfide) groups is 1. The second kappa shape index (κ2) is 5.89. The summed E-state index contributed by atoms with van der Waals surface area (Å²) in [5, 5.41) is 14.6. The molecule has 1 N–H and O–H groups in total. The summed E-state index contributed by atoms with van der Waals surface area (Å²) >= 11 is 1.74. The van der Waals surface area contributed by atoms with Gasteiger partial charge in [-0.1, -0.05) is 12.1 Å². The van der Waals surface area contributed by atoms with Crippen LogP contribution in [0.1, 0.15) is 12.5 Å². The summed E-state index contributed by atoms with van der Waals surface area (Å²) in [6, 6.07) is 7.97. The molecule has 0 fully saturated rings. The van der Waals surface area contributed by atoms with Crippen LogP contribution in [0.15, 0.2) is 41.6 Å². The summed E-state index contributed by atoms with van der Waals surface area (Å²) in [5.74, 6) is 1.65. The molecule has 0 amide bonds. The lowest BCUT2D eigenvalue weighted by Gasteiger charge is -2.28. The van der Waals surface area contributed by atoms with Crippen LogP contribution in [0.4, 0.5) is 0 Å². The fraction of sp³-hybridized carbons (Fsp3) is 0.400. The maximum Gasteiger partial charge on any atom is 0.134 e. The highest BCUT2D eigenvalue weighted by atomic mass is 32.2. The van der Waals surface area contributed by atoms with E-state index in [2.05, 4.69) is 5.10 Å². The van der Waals surface area contributed by atoms with Crippen molar-refractivity contribution in [1.82, 2.24) is 9.78 Å². The molecule has 1 aromatic heterocycles. The van der Waals surface area contributed by atoms with E-state index in [0.29, 0.717) is 6.42 Å². The van der Waals surface area contributed by atoms with Gasteiger partial charge in [-0.25, -0.2) is 0 Å². The Morgan fingerprint density at radius 1 is 1.50 bits per heavy atom. The van der Waals surface area contributed by atoms with Crippen molar-refractivity contribution in [2.75, 3.05) is 5.75 Å². The maximum absolute atomic E-state index is 10.4. The van der Waals surface area contributed by atoms with Gasteiger partial charge in [0.1, 0.15) is 11.9 Å². The molecule has 2 aromatic rings. The number of aryl methyl sites for hydroxylation is 1. The Hall–Kier alpha value is -1.46. The average Bonchev–Trinajstić information content (AvgIpc) is 2.94. The second-order valence-corrected chi connectivity index (χ2v) is 5.95. The number of para-hydroxylation sites is 1. The topological polar surface area (TPSA) is 47.3 Å². The van der Waals surface area contributed by atoms with Gasteiger partial charge in [-0.05, 0) is 24.6 Å². The Labute approximate surface area is 122 Å². The van der Waals surface area contributed by atoms with Crippen molar-refractivity contribution >= 4 is 11.8 Å². The third kappa shape index (κ3) is 2.83. The van der Waals surface area contributed by atoms with Gasteiger partial charge in [0, 0.05) is 29.8 Å². The van der Waals surface area contributed by atoms with Crippen LogP contribution < -0.4 is 4.74 Å². The molecular weight excluding hydrogens is 272 g/mol. The van der Waals surface area contributed by atoms with E-state index in [0.717, 1.165) is 28.5 Å². The van der Waals surface area contributed by atoms with Gasteiger partial charge in [0.2, 0.25) is 0 Å². The number of fused-ring (bicyclic) bond motifs is 1. The molecule has 1 aliphatic rings. The summed E-state index contributed by atoms with van der Waals surface area (Å²) in [6.45, 7) is 2.89. The lowest BCUT2D eigenvalue weighted by atomic mass is 10.1. The Morgan fingerprint density at radius 2 is 2.35 bits per heavy atom. The van der Waals surface area contributed by atoms with Gasteiger partial charge in [-0.2, -0.15) is 5.10 Å². The Kier molecular flexibility index (Phi) is 3.98. The zero-order valence-electron chi connectivity index (χ0n) is 11.4. The van der Waals surface area contributed by atoms with E-state index in [1.54, 1.807) is 11.8 Å². The summed E-state index contributed by atoms with van der Waals surface area (Å²) in [4.78, 5) is 1.15. The minimum absolute atomic E-state index is 0.167. The highest BCUT2D eigenvalue weighted by Gasteiger charge is 2.27. The predicted molar refractivity (Wildman–Crippen MR) is 79.2 cm³/mol. The third-order valence-electron chi connectivity index (χ3n) is 3.42. The number of aliphatic hydroxyl groups is 1. The fourth-order valence-corrected chi connectivity index (χ4v) is 3.35. The minimum Gasteiger partial charge on any atom is -0.486 e. The summed E-state index contributed by atoms with van der Waals surface area (Å²) in [6.07, 6.45) is 3.70. The number of rotatable bonds is 4. The Morgan fingerprint density at radius 3 is 3.15 bits per heavy atom. The molecule has 0 bridgehead atoms. The molecule has 5 heteroatoms. The third-order valence-corrected chi connectivity index (χ3v) is 4.56. The Bertz CT molecular complexity index is 585. The minimum atomic E-state index is -0.509. The van der Waals surface area contributed by atoms with Gasteiger partial charge in [0.25, 0.3) is 0 Å². The highest BCUT2D eigenvalue weighted by molar-refractivity contribution is 7.99. The van der Waals surface area contributed by atoms with Gasteiger partial charge in [-0.15, -0.1) is 11.8 Å². The zero-order chi connectivity index (χ0) is 13.9. The predicted octanol–water partition coefficient (Wildman–Crippen LogP) is 2.36. The van der Waals surface area contributed by atoms with Gasteiger partial charge >= 0.3 is 0 Å². The molecule has 0 aliphatic carbocycles. The summed E-state index contributed by atoms with van der Waals surface area (Å²) < 4.78 is 7.77. The molecule has 0 saturated carbocycles. The van der Waals surface area contributed by atoms with Crippen LogP contribution in [0, 0.1) is 0 Å². The second-order valence-electron chi connectivity index (χ2n) is 4.89. The van der Waals surface area contributed by atoms with Crippen molar-refractivity contribution in [3.63, 3.8) is 0 Å². The number of hydrogen-bond acceptors (Lipinski definition) is 4. The highest BCUT2D eigenvalue weighted by Crippen LogP contribution is 2.35. The molecule has 1 aromatic carbocycles. The molecule has 20 heavy (non-hydrogen) atoms. The maximum atomic E-state index is 10.4. The summed E-state index contributed by atoms with van der Waals surface area (Å²) in [7, 11) is 0. The molecule has 106 valence electrons. The van der Waals surface area contributed by atoms with E-state index in [9.17, 15) is 5.11 Å². The lowest BCUT2D eigenvalue weighted by molar-refractivity contribution is 0.0468. The molecule has 0 radical (unpaired) electrons. The molecule has 3 rings (SSSR count). The van der Waals surface area contributed by atoms with Crippen molar-refractivity contribution < 1.29 is 9.84 Å². The number of ether oxygens (including phenoxy) is 1. The van der Waals surface area contributed by atoms with Crippen molar-refractivity contribution in [1.29, 1.82) is 0 Å². The number of aliphatic hydroxyl groups excluding tert-OH is 1. The zero-order valence-corrected chi connectivity index (χ0v) is 12.2. The fourth-order valence-electron chi connectivity index (χ4n) is 2.28. The first-order valence-electron chi connectivity index (χ1n) is 6.84. The Balaban J connectivity index is 1.65. The van der Waals surface area contributed by atoms with Crippen molar-refractivity contribution in [3.8, 4) is 5.75 Å². The van der Waals surface area contributed by atoms with Crippen LogP contribution in [-0.4, -0.2) is 32.8 Å². The first kappa shape index (κ1) is 13.5. The molecule has 4 nitrogen and oxygen atoms in total. The van der Waals surface area contributed by atoms with Gasteiger partial charge in [-0.3, -0.25) is 4.68 Å². The van der Waals surface area contributed by atoms with Gasteiger partial charge in [0.15, 0.2) is 0 Å². The quantitative estimate of drug-likeness (QED) is 0.939. The van der Waals surface area contributed by atoms with E-state index >= 15 is 0 Å². The molecule has 2 unspecified atom stereocenters. The largest absolute Gasteiger partial charge is 0.486 e. The van der Waals surface area contributed by atoms with Crippen molar-refractivity contribution in [2.24, 2.45) is 0 Å². The molecule has 1 aliphatic heterocycles. The molecule has 2 atom stereocenters. The monoisotopic (exact) mass is 290 g/mol. The van der Waals surface area contributed by atoms with Crippen LogP contribution in [0.3, 0.4) is 0 Å². The first-order valence-corrected chi connectivity index (χ1v) is 7.82. The standard InChI is InChI=1S/C15H18N2O2S/c1-2-17-9-11(8-16-17)7-12(18)14-10-20-15-6-4-3-5-13(15)19-14/h3-6,8-9,12,14,18H,2,7,10H2,1H3. The number of benzene rings is 1. The summed E-state index contributed by atoms with van der Waals surface area (Å²) in [5.41, 5.74) is 1.05. The van der Waals surface area contributed by atoms with Crippen LogP contribution >= 0.6 is 11.8 Å². The van der Waals surface area contributed by atoms with Crippen molar-refractivity contribution in [2.45, 2.75) is 37.0 Å². The lowest BCUT2D eigenvalue weighted by Crippen LogP contribution is -2.37. The van der Waals surface area contributed by atoms with Crippen molar-refractivity contribution in [3.05, 3.63) is 42.2 Å². The van der Waals surface area contributed by atoms with E-state index in [1.807, 2.05) is 48.3 Å². The normalized spacial score (nSPS) is 19.2. The van der Waals surface area contributed by atoms with Crippen LogP contribution in [0.2, 0.25) is 0 Å². The molecule has 2 heterocycles. The number of aromatic nitrogens is 2. The van der Waals surface area contributed by atoms with Crippen LogP contribution in [0.5, 0.6) is 5.75 Å². The van der Waals surface area contributed by atoms with Crippen LogP contribution in [0.25, 0.3) is 0 Å². The van der Waals surface area contributed by atoms with Crippen LogP contribution in [-0.2, 0) is 13.0 Å². The average molecular weight is 290 g/mol. The smallest absolute Gasteiger partial charge is 0.134 e. The molecular formula is C15H18N2O2S. The van der Waals surface area contributed by atoms with E-state index in [1.165, 1.54) is 0 Å².